The Bertz CT molecular complexity index is 800. The quantitative estimate of drug-likeness (QED) is 0.784. The molecule has 122 valence electrons. The van der Waals surface area contributed by atoms with Crippen molar-refractivity contribution in [3.8, 4) is 0 Å². The molecule has 0 fully saturated rings. The molecule has 3 aromatic heterocycles. The van der Waals surface area contributed by atoms with Crippen molar-refractivity contribution in [2.45, 2.75) is 39.7 Å². The van der Waals surface area contributed by atoms with Gasteiger partial charge in [-0.1, -0.05) is 27.7 Å². The Labute approximate surface area is 135 Å². The van der Waals surface area contributed by atoms with Gasteiger partial charge in [-0.3, -0.25) is 4.68 Å². The lowest BCUT2D eigenvalue weighted by Crippen LogP contribution is -2.22. The molecule has 7 nitrogen and oxygen atoms in total. The fourth-order valence-corrected chi connectivity index (χ4v) is 2.61. The average Bonchev–Trinajstić information content (AvgIpc) is 3.12. The van der Waals surface area contributed by atoms with Crippen LogP contribution in [-0.2, 0) is 7.05 Å². The number of fused-ring (bicyclic) bond motifs is 1. The second-order valence-corrected chi connectivity index (χ2v) is 6.43. The van der Waals surface area contributed by atoms with Crippen molar-refractivity contribution in [1.29, 1.82) is 0 Å². The van der Waals surface area contributed by atoms with Gasteiger partial charge in [-0.25, -0.2) is 9.97 Å². The summed E-state index contributed by atoms with van der Waals surface area (Å²) in [6, 6.07) is 4.03. The van der Waals surface area contributed by atoms with Crippen molar-refractivity contribution in [3.63, 3.8) is 0 Å². The summed E-state index contributed by atoms with van der Waals surface area (Å²) in [6.07, 6.45) is 3.35. The van der Waals surface area contributed by atoms with E-state index in [2.05, 4.69) is 59.2 Å². The second-order valence-electron chi connectivity index (χ2n) is 6.43. The molecule has 0 aliphatic rings. The third-order valence-corrected chi connectivity index (χ3v) is 3.97. The van der Waals surface area contributed by atoms with E-state index in [1.54, 1.807) is 12.5 Å². The van der Waals surface area contributed by atoms with Crippen molar-refractivity contribution in [2.75, 3.05) is 5.32 Å². The van der Waals surface area contributed by atoms with Gasteiger partial charge in [0.25, 0.3) is 0 Å². The van der Waals surface area contributed by atoms with Gasteiger partial charge in [-0.15, -0.1) is 0 Å². The van der Waals surface area contributed by atoms with E-state index in [1.807, 2.05) is 22.3 Å². The summed E-state index contributed by atoms with van der Waals surface area (Å²) in [5.74, 6) is 2.52. The molecule has 3 heterocycles. The molecule has 3 rings (SSSR count). The Morgan fingerprint density at radius 2 is 1.91 bits per heavy atom. The lowest BCUT2D eigenvalue weighted by molar-refractivity contribution is 0.495. The van der Waals surface area contributed by atoms with Crippen LogP contribution in [0.15, 0.2) is 24.7 Å². The van der Waals surface area contributed by atoms with E-state index in [9.17, 15) is 0 Å². The summed E-state index contributed by atoms with van der Waals surface area (Å²) in [4.78, 5) is 9.06. The van der Waals surface area contributed by atoms with Crippen molar-refractivity contribution < 1.29 is 0 Å². The van der Waals surface area contributed by atoms with E-state index >= 15 is 0 Å². The molecule has 0 aromatic carbocycles. The zero-order valence-corrected chi connectivity index (χ0v) is 14.2. The van der Waals surface area contributed by atoms with E-state index in [1.165, 1.54) is 0 Å². The van der Waals surface area contributed by atoms with Gasteiger partial charge in [0.15, 0.2) is 5.65 Å². The van der Waals surface area contributed by atoms with E-state index in [-0.39, 0.29) is 6.04 Å². The molecule has 7 heteroatoms. The van der Waals surface area contributed by atoms with Crippen LogP contribution in [0.25, 0.3) is 5.65 Å². The molecule has 0 saturated heterocycles. The van der Waals surface area contributed by atoms with Gasteiger partial charge >= 0.3 is 0 Å². The van der Waals surface area contributed by atoms with Crippen LogP contribution >= 0.6 is 0 Å². The van der Waals surface area contributed by atoms with Gasteiger partial charge in [0, 0.05) is 24.9 Å². The van der Waals surface area contributed by atoms with Gasteiger partial charge in [0.05, 0.1) is 12.2 Å². The Balaban J connectivity index is 2.05. The lowest BCUT2D eigenvalue weighted by Gasteiger charge is -2.23. The predicted molar refractivity (Wildman–Crippen MR) is 89.3 cm³/mol. The maximum atomic E-state index is 4.66. The second kappa shape index (κ2) is 5.98. The van der Waals surface area contributed by atoms with Crippen LogP contribution in [0.1, 0.15) is 51.2 Å². The third-order valence-electron chi connectivity index (χ3n) is 3.97. The number of nitrogens with one attached hydrogen (secondary N) is 1. The first kappa shape index (κ1) is 15.5. The molecule has 1 N–H and O–H groups in total. The maximum Gasteiger partial charge on any atom is 0.157 e. The monoisotopic (exact) mass is 313 g/mol. The topological polar surface area (TPSA) is 72.9 Å². The van der Waals surface area contributed by atoms with Crippen LogP contribution in [0.4, 0.5) is 5.82 Å². The molecule has 0 amide bonds. The smallest absolute Gasteiger partial charge is 0.157 e. The SMILES string of the molecule is CC(C)c1cc(NC(c2ncnn2C)C(C)C)n2nccc2n1. The molecule has 1 atom stereocenters. The highest BCUT2D eigenvalue weighted by atomic mass is 15.3. The van der Waals surface area contributed by atoms with Gasteiger partial charge in [0.1, 0.15) is 18.0 Å². The molecule has 0 aliphatic carbocycles. The van der Waals surface area contributed by atoms with Crippen molar-refractivity contribution in [1.82, 2.24) is 29.4 Å². The highest BCUT2D eigenvalue weighted by Gasteiger charge is 2.22. The number of nitrogens with zero attached hydrogens (tertiary/aromatic N) is 6. The molecular weight excluding hydrogens is 290 g/mol. The normalized spacial score (nSPS) is 13.2. The van der Waals surface area contributed by atoms with Crippen LogP contribution < -0.4 is 5.32 Å². The predicted octanol–water partition coefficient (Wildman–Crippen LogP) is 2.79. The minimum atomic E-state index is 0.0392. The lowest BCUT2D eigenvalue weighted by atomic mass is 10.0. The number of aryl methyl sites for hydroxylation is 1. The summed E-state index contributed by atoms with van der Waals surface area (Å²) in [6.45, 7) is 8.61. The molecule has 3 aromatic rings. The summed E-state index contributed by atoms with van der Waals surface area (Å²) >= 11 is 0. The third kappa shape index (κ3) is 2.91. The molecule has 23 heavy (non-hydrogen) atoms. The Kier molecular flexibility index (Phi) is 4.02. The fourth-order valence-electron chi connectivity index (χ4n) is 2.61. The van der Waals surface area contributed by atoms with Crippen molar-refractivity contribution >= 4 is 11.5 Å². The first-order valence-electron chi connectivity index (χ1n) is 7.92. The zero-order chi connectivity index (χ0) is 16.6. The van der Waals surface area contributed by atoms with Crippen molar-refractivity contribution in [3.05, 3.63) is 36.2 Å². The summed E-state index contributed by atoms with van der Waals surface area (Å²) in [7, 11) is 1.91. The number of rotatable bonds is 5. The van der Waals surface area contributed by atoms with Crippen LogP contribution in [-0.4, -0.2) is 29.4 Å². The molecule has 0 spiro atoms. The van der Waals surface area contributed by atoms with Crippen molar-refractivity contribution in [2.24, 2.45) is 13.0 Å². The molecule has 0 radical (unpaired) electrons. The van der Waals surface area contributed by atoms with Gasteiger partial charge in [-0.05, 0) is 11.8 Å². The molecular formula is C16H23N7. The zero-order valence-electron chi connectivity index (χ0n) is 14.2. The highest BCUT2D eigenvalue weighted by Crippen LogP contribution is 2.26. The number of aromatic nitrogens is 6. The summed E-state index contributed by atoms with van der Waals surface area (Å²) in [5, 5.41) is 12.2. The van der Waals surface area contributed by atoms with E-state index in [0.29, 0.717) is 11.8 Å². The largest absolute Gasteiger partial charge is 0.360 e. The Morgan fingerprint density at radius 3 is 2.52 bits per heavy atom. The van der Waals surface area contributed by atoms with E-state index in [0.717, 1.165) is 23.0 Å². The molecule has 0 bridgehead atoms. The minimum absolute atomic E-state index is 0.0392. The van der Waals surface area contributed by atoms with Crippen LogP contribution in [0.3, 0.4) is 0 Å². The highest BCUT2D eigenvalue weighted by molar-refractivity contribution is 5.50. The summed E-state index contributed by atoms with van der Waals surface area (Å²) < 4.78 is 3.64. The van der Waals surface area contributed by atoms with E-state index < -0.39 is 0 Å². The van der Waals surface area contributed by atoms with Gasteiger partial charge in [0.2, 0.25) is 0 Å². The maximum absolute atomic E-state index is 4.66. The number of hydrogen-bond donors (Lipinski definition) is 1. The number of anilines is 1. The Hall–Kier alpha value is -2.44. The average molecular weight is 313 g/mol. The van der Waals surface area contributed by atoms with Gasteiger partial charge < -0.3 is 5.32 Å². The van der Waals surface area contributed by atoms with Crippen LogP contribution in [0, 0.1) is 5.92 Å². The summed E-state index contributed by atoms with van der Waals surface area (Å²) in [5.41, 5.74) is 1.89. The molecule has 0 saturated carbocycles. The first-order chi connectivity index (χ1) is 11.0. The minimum Gasteiger partial charge on any atom is -0.360 e. The van der Waals surface area contributed by atoms with Gasteiger partial charge in [-0.2, -0.15) is 14.7 Å². The molecule has 0 aliphatic heterocycles. The van der Waals surface area contributed by atoms with E-state index in [4.69, 9.17) is 0 Å². The fraction of sp³-hybridized carbons (Fsp3) is 0.500. The number of hydrogen-bond acceptors (Lipinski definition) is 5. The Morgan fingerprint density at radius 1 is 1.13 bits per heavy atom. The standard InChI is InChI=1S/C16H23N7/c1-10(2)12-8-14(23-13(20-12)6-7-18-23)21-15(11(3)4)16-17-9-19-22(16)5/h6-11,15,21H,1-5H3. The van der Waals surface area contributed by atoms with Crippen LogP contribution in [0.5, 0.6) is 0 Å². The first-order valence-corrected chi connectivity index (χ1v) is 7.92. The molecule has 1 unspecified atom stereocenters. The van der Waals surface area contributed by atoms with Crippen LogP contribution in [0.2, 0.25) is 0 Å².